The zero-order valence-corrected chi connectivity index (χ0v) is 13.5. The number of nitrogens with zero attached hydrogens (tertiary/aromatic N) is 2. The van der Waals surface area contributed by atoms with Crippen molar-refractivity contribution in [1.82, 2.24) is 4.90 Å². The standard InChI is InChI=1S/C16H23N3O4.CH4/c1-16(2)15(20)14(18-6-4-3-5-7-18)10-8-11(17)12(19(21)22)9-13(10)23-16;/h8-9,14-15,20H,3-7,17H2,1-2H3;1H4/t14-,15+;/m1./s1. The summed E-state index contributed by atoms with van der Waals surface area (Å²) in [6, 6.07) is 2.72. The predicted molar refractivity (Wildman–Crippen MR) is 93.1 cm³/mol. The maximum atomic E-state index is 11.1. The van der Waals surface area contributed by atoms with Gasteiger partial charge in [-0.3, -0.25) is 15.0 Å². The summed E-state index contributed by atoms with van der Waals surface area (Å²) >= 11 is 0. The Kier molecular flexibility index (Phi) is 5.05. The monoisotopic (exact) mass is 337 g/mol. The largest absolute Gasteiger partial charge is 0.484 e. The number of nitrogens with two attached hydrogens (primary N) is 1. The molecule has 134 valence electrons. The van der Waals surface area contributed by atoms with Crippen LogP contribution in [-0.2, 0) is 0 Å². The Hall–Kier alpha value is -1.86. The van der Waals surface area contributed by atoms with Crippen LogP contribution in [0.1, 0.15) is 52.1 Å². The normalized spacial score (nSPS) is 26.0. The third kappa shape index (κ3) is 3.06. The van der Waals surface area contributed by atoms with Crippen molar-refractivity contribution in [2.24, 2.45) is 0 Å². The van der Waals surface area contributed by atoms with Gasteiger partial charge in [0.25, 0.3) is 5.69 Å². The number of aliphatic hydroxyl groups is 1. The molecule has 0 unspecified atom stereocenters. The van der Waals surface area contributed by atoms with Gasteiger partial charge in [0.2, 0.25) is 0 Å². The molecule has 2 atom stereocenters. The van der Waals surface area contributed by atoms with Gasteiger partial charge in [0.05, 0.1) is 17.0 Å². The lowest BCUT2D eigenvalue weighted by Crippen LogP contribution is -2.54. The second-order valence-electron chi connectivity index (χ2n) is 6.90. The molecule has 0 radical (unpaired) electrons. The molecular formula is C17H27N3O4. The molecule has 2 aliphatic heterocycles. The van der Waals surface area contributed by atoms with Crippen molar-refractivity contribution in [1.29, 1.82) is 0 Å². The second kappa shape index (κ2) is 6.57. The highest BCUT2D eigenvalue weighted by Crippen LogP contribution is 2.46. The van der Waals surface area contributed by atoms with Crippen LogP contribution in [0.5, 0.6) is 5.75 Å². The Morgan fingerprint density at radius 1 is 1.33 bits per heavy atom. The quantitative estimate of drug-likeness (QED) is 0.489. The average Bonchev–Trinajstić information content (AvgIpc) is 2.49. The fraction of sp³-hybridized carbons (Fsp3) is 0.647. The molecule has 0 aromatic heterocycles. The Morgan fingerprint density at radius 3 is 2.54 bits per heavy atom. The van der Waals surface area contributed by atoms with Crippen molar-refractivity contribution in [3.05, 3.63) is 27.8 Å². The van der Waals surface area contributed by atoms with Gasteiger partial charge in [0.15, 0.2) is 0 Å². The number of anilines is 1. The molecule has 0 aliphatic carbocycles. The van der Waals surface area contributed by atoms with E-state index in [2.05, 4.69) is 4.90 Å². The Balaban J connectivity index is 0.00000208. The summed E-state index contributed by atoms with van der Waals surface area (Å²) in [5.41, 5.74) is 5.71. The van der Waals surface area contributed by atoms with E-state index >= 15 is 0 Å². The van der Waals surface area contributed by atoms with Crippen molar-refractivity contribution < 1.29 is 14.8 Å². The summed E-state index contributed by atoms with van der Waals surface area (Å²) in [6.07, 6.45) is 2.63. The fourth-order valence-electron chi connectivity index (χ4n) is 3.57. The zero-order chi connectivity index (χ0) is 16.8. The predicted octanol–water partition coefficient (Wildman–Crippen LogP) is 2.87. The minimum Gasteiger partial charge on any atom is -0.484 e. The SMILES string of the molecule is C.CC1(C)Oc2cc([N+](=O)[O-])c(N)cc2[C@@H](N2CCCCC2)[C@@H]1O. The lowest BCUT2D eigenvalue weighted by Gasteiger charge is -2.47. The van der Waals surface area contributed by atoms with E-state index < -0.39 is 16.6 Å². The van der Waals surface area contributed by atoms with E-state index in [1.54, 1.807) is 19.9 Å². The van der Waals surface area contributed by atoms with Gasteiger partial charge < -0.3 is 15.6 Å². The van der Waals surface area contributed by atoms with Gasteiger partial charge in [-0.05, 0) is 45.8 Å². The van der Waals surface area contributed by atoms with Crippen LogP contribution in [0.3, 0.4) is 0 Å². The minimum atomic E-state index is -0.820. The summed E-state index contributed by atoms with van der Waals surface area (Å²) in [4.78, 5) is 12.9. The van der Waals surface area contributed by atoms with Gasteiger partial charge in [-0.2, -0.15) is 0 Å². The van der Waals surface area contributed by atoms with Crippen molar-refractivity contribution >= 4 is 11.4 Å². The smallest absolute Gasteiger partial charge is 0.295 e. The molecule has 24 heavy (non-hydrogen) atoms. The van der Waals surface area contributed by atoms with E-state index in [9.17, 15) is 15.2 Å². The second-order valence-corrected chi connectivity index (χ2v) is 6.90. The molecule has 1 fully saturated rings. The maximum absolute atomic E-state index is 11.1. The summed E-state index contributed by atoms with van der Waals surface area (Å²) in [7, 11) is 0. The van der Waals surface area contributed by atoms with Crippen LogP contribution in [0, 0.1) is 10.1 Å². The van der Waals surface area contributed by atoms with Crippen LogP contribution in [0.15, 0.2) is 12.1 Å². The van der Waals surface area contributed by atoms with Crippen molar-refractivity contribution in [2.45, 2.75) is 58.3 Å². The lowest BCUT2D eigenvalue weighted by atomic mass is 9.84. The number of hydrogen-bond donors (Lipinski definition) is 2. The number of likely N-dealkylation sites (tertiary alicyclic amines) is 1. The van der Waals surface area contributed by atoms with E-state index in [4.69, 9.17) is 10.5 Å². The first kappa shape index (κ1) is 18.5. The zero-order valence-electron chi connectivity index (χ0n) is 13.5. The van der Waals surface area contributed by atoms with Gasteiger partial charge in [-0.15, -0.1) is 0 Å². The highest BCUT2D eigenvalue weighted by atomic mass is 16.6. The molecule has 1 aromatic rings. The third-order valence-corrected chi connectivity index (χ3v) is 4.84. The number of benzene rings is 1. The Labute approximate surface area is 142 Å². The van der Waals surface area contributed by atoms with Crippen LogP contribution in [0.2, 0.25) is 0 Å². The van der Waals surface area contributed by atoms with E-state index in [-0.39, 0.29) is 24.8 Å². The molecule has 2 heterocycles. The van der Waals surface area contributed by atoms with Crippen LogP contribution < -0.4 is 10.5 Å². The molecule has 0 amide bonds. The molecule has 3 N–H and O–H groups in total. The fourth-order valence-corrected chi connectivity index (χ4v) is 3.57. The maximum Gasteiger partial charge on any atom is 0.295 e. The third-order valence-electron chi connectivity index (χ3n) is 4.84. The number of aliphatic hydroxyl groups excluding tert-OH is 1. The molecule has 1 aromatic carbocycles. The van der Waals surface area contributed by atoms with Crippen LogP contribution in [0.25, 0.3) is 0 Å². The van der Waals surface area contributed by atoms with Gasteiger partial charge in [-0.1, -0.05) is 13.8 Å². The summed E-state index contributed by atoms with van der Waals surface area (Å²) in [5, 5.41) is 22.0. The van der Waals surface area contributed by atoms with Crippen LogP contribution in [0.4, 0.5) is 11.4 Å². The number of piperidine rings is 1. The molecule has 0 saturated carbocycles. The lowest BCUT2D eigenvalue weighted by molar-refractivity contribution is -0.384. The molecule has 0 spiro atoms. The highest BCUT2D eigenvalue weighted by Gasteiger charge is 2.46. The van der Waals surface area contributed by atoms with Gasteiger partial charge in [-0.25, -0.2) is 0 Å². The van der Waals surface area contributed by atoms with Crippen LogP contribution in [-0.4, -0.2) is 39.7 Å². The highest BCUT2D eigenvalue weighted by molar-refractivity contribution is 5.65. The number of hydrogen-bond acceptors (Lipinski definition) is 6. The molecule has 3 rings (SSSR count). The van der Waals surface area contributed by atoms with Crippen molar-refractivity contribution in [3.8, 4) is 5.75 Å². The van der Waals surface area contributed by atoms with Gasteiger partial charge in [0, 0.05) is 5.56 Å². The van der Waals surface area contributed by atoms with E-state index in [0.717, 1.165) is 31.5 Å². The number of nitro groups is 1. The van der Waals surface area contributed by atoms with E-state index in [1.165, 1.54) is 12.5 Å². The molecule has 2 aliphatic rings. The first-order valence-electron chi connectivity index (χ1n) is 8.00. The summed E-state index contributed by atoms with van der Waals surface area (Å²) < 4.78 is 5.86. The van der Waals surface area contributed by atoms with Crippen molar-refractivity contribution in [2.75, 3.05) is 18.8 Å². The molecule has 7 nitrogen and oxygen atoms in total. The van der Waals surface area contributed by atoms with E-state index in [1.807, 2.05) is 0 Å². The minimum absolute atomic E-state index is 0. The average molecular weight is 337 g/mol. The molecule has 0 bridgehead atoms. The van der Waals surface area contributed by atoms with Crippen LogP contribution >= 0.6 is 0 Å². The summed E-state index contributed by atoms with van der Waals surface area (Å²) in [5.74, 6) is 0.441. The summed E-state index contributed by atoms with van der Waals surface area (Å²) in [6.45, 7) is 5.40. The first-order valence-corrected chi connectivity index (χ1v) is 8.00. The molecule has 1 saturated heterocycles. The number of fused-ring (bicyclic) bond motifs is 1. The van der Waals surface area contributed by atoms with Crippen molar-refractivity contribution in [3.63, 3.8) is 0 Å². The first-order chi connectivity index (χ1) is 10.8. The van der Waals surface area contributed by atoms with Gasteiger partial charge in [0.1, 0.15) is 23.1 Å². The number of rotatable bonds is 2. The Bertz CT molecular complexity index is 627. The molecular weight excluding hydrogens is 310 g/mol. The topological polar surface area (TPSA) is 102 Å². The van der Waals surface area contributed by atoms with Gasteiger partial charge >= 0.3 is 0 Å². The molecule has 7 heteroatoms. The number of nitro benzene ring substituents is 1. The number of nitrogen functional groups attached to an aromatic ring is 1. The number of ether oxygens (including phenoxy) is 1. The van der Waals surface area contributed by atoms with E-state index in [0.29, 0.717) is 5.75 Å². The Morgan fingerprint density at radius 2 is 1.96 bits per heavy atom.